The van der Waals surface area contributed by atoms with Crippen molar-refractivity contribution in [3.8, 4) is 0 Å². The lowest BCUT2D eigenvalue weighted by Crippen LogP contribution is -2.30. The highest BCUT2D eigenvalue weighted by Gasteiger charge is 2.19. The maximum absolute atomic E-state index is 12.8. The van der Waals surface area contributed by atoms with Gasteiger partial charge in [-0.05, 0) is 122 Å². The Labute approximate surface area is 412 Å². The molecule has 0 bridgehead atoms. The minimum absolute atomic E-state index is 0.107. The molecular weight excluding hydrogens is 829 g/mol. The Morgan fingerprint density at radius 2 is 0.582 bits per heavy atom. The van der Waals surface area contributed by atoms with Gasteiger partial charge in [-0.15, -0.1) is 0 Å². The number of ether oxygens (including phenoxy) is 3. The number of rotatable bonds is 48. The second kappa shape index (κ2) is 54.7. The number of allylic oxidation sites excluding steroid dienone is 18. The highest BCUT2D eigenvalue weighted by atomic mass is 16.6. The van der Waals surface area contributed by atoms with Crippen LogP contribution in [-0.4, -0.2) is 37.2 Å². The number of hydrogen-bond donors (Lipinski definition) is 0. The molecule has 67 heavy (non-hydrogen) atoms. The molecule has 0 aliphatic carbocycles. The minimum atomic E-state index is -0.810. The van der Waals surface area contributed by atoms with Gasteiger partial charge in [0, 0.05) is 19.3 Å². The Morgan fingerprint density at radius 3 is 0.955 bits per heavy atom. The van der Waals surface area contributed by atoms with E-state index in [0.29, 0.717) is 19.3 Å². The maximum atomic E-state index is 12.8. The molecule has 6 heteroatoms. The zero-order valence-electron chi connectivity index (χ0n) is 43.4. The first-order chi connectivity index (χ1) is 33.0. The van der Waals surface area contributed by atoms with Crippen LogP contribution in [-0.2, 0) is 28.6 Å². The molecule has 6 nitrogen and oxygen atoms in total. The molecule has 0 saturated carbocycles. The molecule has 1 atom stereocenters. The molecule has 1 unspecified atom stereocenters. The van der Waals surface area contributed by atoms with E-state index in [9.17, 15) is 14.4 Å². The Kier molecular flexibility index (Phi) is 51.5. The number of hydrogen-bond acceptors (Lipinski definition) is 6. The molecular formula is C61H100O6. The molecule has 0 aromatic heterocycles. The Balaban J connectivity index is 4.51. The van der Waals surface area contributed by atoms with Gasteiger partial charge < -0.3 is 14.2 Å². The summed E-state index contributed by atoms with van der Waals surface area (Å²) in [6.45, 7) is 6.34. The topological polar surface area (TPSA) is 78.9 Å². The Morgan fingerprint density at radius 1 is 0.313 bits per heavy atom. The third-order valence-corrected chi connectivity index (χ3v) is 11.2. The van der Waals surface area contributed by atoms with Gasteiger partial charge in [-0.2, -0.15) is 0 Å². The van der Waals surface area contributed by atoms with Gasteiger partial charge in [-0.25, -0.2) is 0 Å². The van der Waals surface area contributed by atoms with Crippen molar-refractivity contribution in [1.82, 2.24) is 0 Å². The largest absolute Gasteiger partial charge is 0.462 e. The molecule has 0 aliphatic heterocycles. The summed E-state index contributed by atoms with van der Waals surface area (Å²) >= 11 is 0. The van der Waals surface area contributed by atoms with E-state index in [4.69, 9.17) is 14.2 Å². The van der Waals surface area contributed by atoms with E-state index in [2.05, 4.69) is 130 Å². The Hall–Kier alpha value is -3.93. The summed E-state index contributed by atoms with van der Waals surface area (Å²) < 4.78 is 16.8. The minimum Gasteiger partial charge on any atom is -0.462 e. The molecule has 0 radical (unpaired) electrons. The van der Waals surface area contributed by atoms with Crippen molar-refractivity contribution in [3.05, 3.63) is 109 Å². The highest BCUT2D eigenvalue weighted by Crippen LogP contribution is 2.14. The van der Waals surface area contributed by atoms with Crippen LogP contribution in [0.25, 0.3) is 0 Å². The summed E-state index contributed by atoms with van der Waals surface area (Å²) in [5.41, 5.74) is 0. The SMILES string of the molecule is CC/C=C\C/C=C\C/C=C\C/C=C\CCCCCCC(=O)OCC(COC(=O)CCCC/C=C\C/C=C\C/C=C\C/C=C\CC)OC(=O)CCCCCCCCC/C=C\CCCCCCCC. The van der Waals surface area contributed by atoms with Crippen LogP contribution >= 0.6 is 0 Å². The van der Waals surface area contributed by atoms with E-state index in [1.165, 1.54) is 77.0 Å². The van der Waals surface area contributed by atoms with Crippen LogP contribution in [0.3, 0.4) is 0 Å². The van der Waals surface area contributed by atoms with E-state index in [-0.39, 0.29) is 31.1 Å². The smallest absolute Gasteiger partial charge is 0.306 e. The van der Waals surface area contributed by atoms with Crippen molar-refractivity contribution in [2.24, 2.45) is 0 Å². The molecule has 0 heterocycles. The van der Waals surface area contributed by atoms with Crippen molar-refractivity contribution in [3.63, 3.8) is 0 Å². The van der Waals surface area contributed by atoms with Crippen molar-refractivity contribution in [2.75, 3.05) is 13.2 Å². The predicted molar refractivity (Wildman–Crippen MR) is 288 cm³/mol. The number of esters is 3. The van der Waals surface area contributed by atoms with Crippen LogP contribution < -0.4 is 0 Å². The number of carbonyl (C=O) groups excluding carboxylic acids is 3. The van der Waals surface area contributed by atoms with Crippen molar-refractivity contribution >= 4 is 17.9 Å². The first-order valence-electron chi connectivity index (χ1n) is 27.4. The van der Waals surface area contributed by atoms with Gasteiger partial charge in [0.05, 0.1) is 0 Å². The van der Waals surface area contributed by atoms with Gasteiger partial charge in [-0.1, -0.05) is 207 Å². The molecule has 0 aliphatic rings. The van der Waals surface area contributed by atoms with E-state index in [0.717, 1.165) is 122 Å². The standard InChI is InChI=1S/C61H100O6/c1-4-7-10-13-16-19-22-25-28-30-33-36-39-42-45-48-51-54-60(63)66-57-58(56-65-59(62)53-50-47-44-41-38-35-32-27-24-21-18-15-12-9-6-3)67-61(64)55-52-49-46-43-40-37-34-31-29-26-23-20-17-14-11-8-5-2/h7,9-10,12,16,18-19,21,25-29,32-33,36,38,41,58H,4-6,8,11,13-15,17,20,22-24,30-31,34-35,37,39-40,42-57H2,1-3H3/b10-7-,12-9-,19-16-,21-18-,28-25-,29-26-,32-27-,36-33-,41-38-. The first-order valence-corrected chi connectivity index (χ1v) is 27.4. The maximum Gasteiger partial charge on any atom is 0.306 e. The summed E-state index contributed by atoms with van der Waals surface area (Å²) in [7, 11) is 0. The van der Waals surface area contributed by atoms with Crippen LogP contribution in [0.4, 0.5) is 0 Å². The molecule has 0 aromatic carbocycles. The molecule has 0 N–H and O–H groups in total. The molecule has 0 aromatic rings. The third-order valence-electron chi connectivity index (χ3n) is 11.2. The quantitative estimate of drug-likeness (QED) is 0.0262. The molecule has 0 fully saturated rings. The number of carbonyl (C=O) groups is 3. The second-order valence-corrected chi connectivity index (χ2v) is 17.7. The predicted octanol–water partition coefficient (Wildman–Crippen LogP) is 18.3. The highest BCUT2D eigenvalue weighted by molar-refractivity contribution is 5.71. The molecule has 0 saturated heterocycles. The summed E-state index contributed by atoms with van der Waals surface area (Å²) in [5, 5.41) is 0. The monoisotopic (exact) mass is 929 g/mol. The molecule has 0 spiro atoms. The average molecular weight is 929 g/mol. The van der Waals surface area contributed by atoms with Gasteiger partial charge in [0.2, 0.25) is 0 Å². The van der Waals surface area contributed by atoms with Gasteiger partial charge >= 0.3 is 17.9 Å². The van der Waals surface area contributed by atoms with E-state index in [1.54, 1.807) is 0 Å². The zero-order valence-corrected chi connectivity index (χ0v) is 43.4. The van der Waals surface area contributed by atoms with Crippen LogP contribution in [0, 0.1) is 0 Å². The summed E-state index contributed by atoms with van der Waals surface area (Å²) in [6.07, 6.45) is 73.6. The van der Waals surface area contributed by atoms with Crippen molar-refractivity contribution < 1.29 is 28.6 Å². The normalized spacial score (nSPS) is 12.9. The van der Waals surface area contributed by atoms with Gasteiger partial charge in [0.15, 0.2) is 6.10 Å². The summed E-state index contributed by atoms with van der Waals surface area (Å²) in [4.78, 5) is 38.1. The molecule has 0 rings (SSSR count). The summed E-state index contributed by atoms with van der Waals surface area (Å²) in [6, 6.07) is 0. The van der Waals surface area contributed by atoms with E-state index < -0.39 is 6.10 Å². The second-order valence-electron chi connectivity index (χ2n) is 17.7. The van der Waals surface area contributed by atoms with Crippen LogP contribution in [0.1, 0.15) is 239 Å². The lowest BCUT2D eigenvalue weighted by atomic mass is 10.1. The number of unbranched alkanes of at least 4 members (excludes halogenated alkanes) is 19. The molecule has 0 amide bonds. The molecule has 380 valence electrons. The Bertz CT molecular complexity index is 1390. The fraction of sp³-hybridized carbons (Fsp3) is 0.656. The third kappa shape index (κ3) is 52.9. The zero-order chi connectivity index (χ0) is 48.6. The van der Waals surface area contributed by atoms with Crippen molar-refractivity contribution in [1.29, 1.82) is 0 Å². The average Bonchev–Trinajstić information content (AvgIpc) is 3.33. The van der Waals surface area contributed by atoms with Crippen LogP contribution in [0.15, 0.2) is 109 Å². The lowest BCUT2D eigenvalue weighted by Gasteiger charge is -2.18. The first kappa shape index (κ1) is 63.1. The van der Waals surface area contributed by atoms with E-state index in [1.807, 2.05) is 0 Å². The van der Waals surface area contributed by atoms with Crippen molar-refractivity contribution in [2.45, 2.75) is 245 Å². The van der Waals surface area contributed by atoms with Crippen LogP contribution in [0.2, 0.25) is 0 Å². The van der Waals surface area contributed by atoms with Gasteiger partial charge in [0.1, 0.15) is 13.2 Å². The lowest BCUT2D eigenvalue weighted by molar-refractivity contribution is -0.167. The van der Waals surface area contributed by atoms with Gasteiger partial charge in [-0.3, -0.25) is 14.4 Å². The fourth-order valence-corrected chi connectivity index (χ4v) is 7.18. The fourth-order valence-electron chi connectivity index (χ4n) is 7.18. The van der Waals surface area contributed by atoms with Crippen LogP contribution in [0.5, 0.6) is 0 Å². The van der Waals surface area contributed by atoms with Gasteiger partial charge in [0.25, 0.3) is 0 Å². The summed E-state index contributed by atoms with van der Waals surface area (Å²) in [5.74, 6) is -0.977. The van der Waals surface area contributed by atoms with E-state index >= 15 is 0 Å².